The Morgan fingerprint density at radius 1 is 1.24 bits per heavy atom. The van der Waals surface area contributed by atoms with E-state index in [4.69, 9.17) is 0 Å². The third-order valence-electron chi connectivity index (χ3n) is 6.21. The van der Waals surface area contributed by atoms with Crippen molar-refractivity contribution in [1.82, 2.24) is 20.1 Å². The highest BCUT2D eigenvalue weighted by Gasteiger charge is 2.22. The molecule has 0 bridgehead atoms. The maximum atomic E-state index is 13.6. The molecule has 0 saturated heterocycles. The van der Waals surface area contributed by atoms with Gasteiger partial charge in [-0.1, -0.05) is 25.2 Å². The quantitative estimate of drug-likeness (QED) is 0.294. The van der Waals surface area contributed by atoms with Crippen LogP contribution in [0.2, 0.25) is 0 Å². The van der Waals surface area contributed by atoms with E-state index in [0.29, 0.717) is 40.3 Å². The number of sulfone groups is 1. The number of hydrogen-bond acceptors (Lipinski definition) is 6. The first-order valence-corrected chi connectivity index (χ1v) is 14.1. The minimum atomic E-state index is -3.56. The molecule has 1 unspecified atom stereocenters. The summed E-state index contributed by atoms with van der Waals surface area (Å²) in [5, 5.41) is 7.38. The fourth-order valence-electron chi connectivity index (χ4n) is 3.77. The fraction of sp³-hybridized carbons (Fsp3) is 0.321. The van der Waals surface area contributed by atoms with Gasteiger partial charge in [-0.25, -0.2) is 22.5 Å². The molecule has 8 nitrogen and oxygen atoms in total. The van der Waals surface area contributed by atoms with E-state index in [1.807, 2.05) is 19.9 Å². The van der Waals surface area contributed by atoms with Gasteiger partial charge in [-0.15, -0.1) is 0 Å². The minimum Gasteiger partial charge on any atom is -0.363 e. The molecule has 0 radical (unpaired) electrons. The molecule has 10 heteroatoms. The van der Waals surface area contributed by atoms with E-state index in [1.54, 1.807) is 55.0 Å². The number of carbonyl (C=O) groups is 1. The molecule has 1 N–H and O–H groups in total. The number of hydrogen-bond donors (Lipinski definition) is 1. The van der Waals surface area contributed by atoms with Gasteiger partial charge in [0.15, 0.2) is 14.9 Å². The van der Waals surface area contributed by atoms with Crippen LogP contribution in [0.3, 0.4) is 0 Å². The number of amides is 1. The maximum Gasteiger partial charge on any atom is 0.252 e. The lowest BCUT2D eigenvalue weighted by atomic mass is 10.0. The molecule has 0 aliphatic carbocycles. The lowest BCUT2D eigenvalue weighted by molar-refractivity contribution is -0.116. The van der Waals surface area contributed by atoms with E-state index in [-0.39, 0.29) is 16.8 Å². The van der Waals surface area contributed by atoms with Crippen LogP contribution >= 0.6 is 0 Å². The summed E-state index contributed by atoms with van der Waals surface area (Å²) >= 11 is 0. The average Bonchev–Trinajstić information content (AvgIpc) is 3.24. The Hall–Kier alpha value is -3.79. The second-order valence-corrected chi connectivity index (χ2v) is 11.4. The van der Waals surface area contributed by atoms with Crippen LogP contribution in [0.25, 0.3) is 11.3 Å². The SMILES string of the molecule is C=C(CC)CC=C(C(=O)NC(C)c1cc(N(C)C)nc(S(C)(=O)=O)c1)c1cnn(-c2ccc(F)cc2)c1C. The van der Waals surface area contributed by atoms with Crippen LogP contribution in [0, 0.1) is 12.7 Å². The second kappa shape index (κ2) is 11.7. The van der Waals surface area contributed by atoms with Crippen molar-refractivity contribution in [3.05, 3.63) is 83.5 Å². The van der Waals surface area contributed by atoms with Crippen LogP contribution in [0.5, 0.6) is 0 Å². The van der Waals surface area contributed by atoms with Crippen molar-refractivity contribution in [2.75, 3.05) is 25.3 Å². The topological polar surface area (TPSA) is 97.2 Å². The largest absolute Gasteiger partial charge is 0.363 e. The summed E-state index contributed by atoms with van der Waals surface area (Å²) in [6.45, 7) is 9.68. The smallest absolute Gasteiger partial charge is 0.252 e. The Morgan fingerprint density at radius 2 is 1.89 bits per heavy atom. The Morgan fingerprint density at radius 3 is 2.47 bits per heavy atom. The van der Waals surface area contributed by atoms with E-state index in [2.05, 4.69) is 22.0 Å². The molecule has 38 heavy (non-hydrogen) atoms. The van der Waals surface area contributed by atoms with E-state index in [0.717, 1.165) is 18.2 Å². The molecule has 1 amide bonds. The lowest BCUT2D eigenvalue weighted by Gasteiger charge is -2.20. The van der Waals surface area contributed by atoms with Gasteiger partial charge >= 0.3 is 0 Å². The standard InChI is InChI=1S/C28H34FN5O3S/c1-8-18(2)9-14-24(25-17-30-34(20(25)4)23-12-10-22(29)11-13-23)28(35)31-19(3)21-15-26(33(5)6)32-27(16-21)38(7,36)37/h10-17,19H,2,8-9H2,1,3-7H3,(H,31,35). The number of aromatic nitrogens is 3. The highest BCUT2D eigenvalue weighted by atomic mass is 32.2. The molecule has 202 valence electrons. The van der Waals surface area contributed by atoms with Crippen molar-refractivity contribution < 1.29 is 17.6 Å². The zero-order chi connectivity index (χ0) is 28.2. The zero-order valence-corrected chi connectivity index (χ0v) is 23.4. The Balaban J connectivity index is 1.99. The summed E-state index contributed by atoms with van der Waals surface area (Å²) in [5.74, 6) is -0.221. The molecule has 2 heterocycles. The van der Waals surface area contributed by atoms with Crippen molar-refractivity contribution in [3.63, 3.8) is 0 Å². The van der Waals surface area contributed by atoms with Crippen molar-refractivity contribution in [2.24, 2.45) is 0 Å². The number of benzene rings is 1. The molecule has 2 aromatic heterocycles. The highest BCUT2D eigenvalue weighted by Crippen LogP contribution is 2.26. The van der Waals surface area contributed by atoms with Crippen molar-refractivity contribution in [2.45, 2.75) is 44.7 Å². The predicted molar refractivity (Wildman–Crippen MR) is 149 cm³/mol. The van der Waals surface area contributed by atoms with Gasteiger partial charge in [-0.3, -0.25) is 4.79 Å². The zero-order valence-electron chi connectivity index (χ0n) is 22.6. The summed E-state index contributed by atoms with van der Waals surface area (Å²) in [4.78, 5) is 19.6. The highest BCUT2D eigenvalue weighted by molar-refractivity contribution is 7.90. The maximum absolute atomic E-state index is 13.6. The molecule has 3 aromatic rings. The van der Waals surface area contributed by atoms with E-state index in [1.165, 1.54) is 18.2 Å². The number of carbonyl (C=O) groups excluding carboxylic acids is 1. The second-order valence-electron chi connectivity index (χ2n) is 9.42. The normalized spacial score (nSPS) is 12.8. The van der Waals surface area contributed by atoms with Crippen LogP contribution in [-0.2, 0) is 14.6 Å². The lowest BCUT2D eigenvalue weighted by Crippen LogP contribution is -2.28. The number of anilines is 1. The van der Waals surface area contributed by atoms with Gasteiger partial charge < -0.3 is 10.2 Å². The molecule has 1 aromatic carbocycles. The molecule has 0 fully saturated rings. The molecule has 0 aliphatic heterocycles. The van der Waals surface area contributed by atoms with Gasteiger partial charge in [0.25, 0.3) is 5.91 Å². The number of halogens is 1. The van der Waals surface area contributed by atoms with Gasteiger partial charge in [0.2, 0.25) is 0 Å². The number of rotatable bonds is 10. The number of nitrogens with zero attached hydrogens (tertiary/aromatic N) is 4. The van der Waals surface area contributed by atoms with Gasteiger partial charge in [0, 0.05) is 37.2 Å². The van der Waals surface area contributed by atoms with Gasteiger partial charge in [0.05, 0.1) is 17.9 Å². The average molecular weight is 540 g/mol. The molecule has 0 spiro atoms. The first-order chi connectivity index (χ1) is 17.8. The Labute approximate surface area is 223 Å². The van der Waals surface area contributed by atoms with E-state index < -0.39 is 15.9 Å². The number of allylic oxidation sites excluding steroid dienone is 2. The van der Waals surface area contributed by atoms with Crippen LogP contribution < -0.4 is 10.2 Å². The van der Waals surface area contributed by atoms with Gasteiger partial charge in [-0.2, -0.15) is 5.10 Å². The Kier molecular flexibility index (Phi) is 8.88. The third kappa shape index (κ3) is 6.74. The fourth-order valence-corrected chi connectivity index (χ4v) is 4.38. The van der Waals surface area contributed by atoms with Gasteiger partial charge in [0.1, 0.15) is 11.6 Å². The number of nitrogens with one attached hydrogen (secondary N) is 1. The van der Waals surface area contributed by atoms with Crippen molar-refractivity contribution in [3.8, 4) is 5.69 Å². The molecule has 1 atom stereocenters. The van der Waals surface area contributed by atoms with Gasteiger partial charge in [-0.05, 0) is 68.7 Å². The van der Waals surface area contributed by atoms with E-state index in [9.17, 15) is 17.6 Å². The molecular formula is C28H34FN5O3S. The minimum absolute atomic E-state index is 0.0637. The summed E-state index contributed by atoms with van der Waals surface area (Å²) in [5.41, 5.74) is 4.00. The van der Waals surface area contributed by atoms with Crippen LogP contribution in [0.1, 0.15) is 49.6 Å². The van der Waals surface area contributed by atoms with Crippen molar-refractivity contribution >= 4 is 27.1 Å². The van der Waals surface area contributed by atoms with E-state index >= 15 is 0 Å². The van der Waals surface area contributed by atoms with Crippen LogP contribution in [0.4, 0.5) is 10.2 Å². The van der Waals surface area contributed by atoms with Crippen LogP contribution in [0.15, 0.2) is 65.8 Å². The summed E-state index contributed by atoms with van der Waals surface area (Å²) in [6.07, 6.45) is 5.82. The molecule has 0 saturated carbocycles. The predicted octanol–water partition coefficient (Wildman–Crippen LogP) is 4.80. The van der Waals surface area contributed by atoms with Crippen molar-refractivity contribution in [1.29, 1.82) is 0 Å². The van der Waals surface area contributed by atoms with Crippen LogP contribution in [-0.4, -0.2) is 49.4 Å². The summed E-state index contributed by atoms with van der Waals surface area (Å²) in [6, 6.07) is 8.66. The first kappa shape index (κ1) is 28.8. The monoisotopic (exact) mass is 539 g/mol. The first-order valence-electron chi connectivity index (χ1n) is 12.2. The Bertz CT molecular complexity index is 1470. The number of pyridine rings is 1. The summed E-state index contributed by atoms with van der Waals surface area (Å²) < 4.78 is 39.6. The molecule has 0 aliphatic rings. The molecular weight excluding hydrogens is 505 g/mol. The summed E-state index contributed by atoms with van der Waals surface area (Å²) in [7, 11) is -0.0252. The third-order valence-corrected chi connectivity index (χ3v) is 7.18. The molecule has 3 rings (SSSR count).